The third-order valence-electron chi connectivity index (χ3n) is 9.31. The van der Waals surface area contributed by atoms with E-state index in [0.29, 0.717) is 24.2 Å². The van der Waals surface area contributed by atoms with Gasteiger partial charge in [-0.25, -0.2) is 0 Å². The van der Waals surface area contributed by atoms with Crippen LogP contribution in [0, 0.1) is 0 Å². The number of rotatable bonds is 25. The standard InChI is InChI=1S/C40H66N4O2.2BrH/c1-7-9-11-13-15-17-31-43(3,4)33-19-29-41-39(45)37-25-21-35(22-26-37)36-23-27-38(28-24-36)40(46)42-30-20-34-44(5,6)32-18-16-14-12-10-8-2;;/h21-28H,7-20,29-34H2,1-6H3;2*1H. The summed E-state index contributed by atoms with van der Waals surface area (Å²) in [5.41, 5.74) is 3.41. The van der Waals surface area contributed by atoms with E-state index in [4.69, 9.17) is 0 Å². The molecule has 0 unspecified atom stereocenters. The molecular weight excluding hydrogens is 728 g/mol. The summed E-state index contributed by atoms with van der Waals surface area (Å²) in [5, 5.41) is 6.19. The molecule has 2 amide bonds. The monoisotopic (exact) mass is 794 g/mol. The zero-order valence-corrected chi connectivity index (χ0v) is 34.4. The van der Waals surface area contributed by atoms with Crippen molar-refractivity contribution < 1.29 is 52.5 Å². The first-order chi connectivity index (χ1) is 22.1. The molecule has 0 saturated heterocycles. The molecule has 274 valence electrons. The van der Waals surface area contributed by atoms with E-state index in [1.165, 1.54) is 90.1 Å². The number of benzene rings is 2. The largest absolute Gasteiger partial charge is 1.00 e. The van der Waals surface area contributed by atoms with Crippen molar-refractivity contribution in [3.8, 4) is 11.1 Å². The molecule has 2 aromatic rings. The van der Waals surface area contributed by atoms with Gasteiger partial charge in [-0.05, 0) is 61.1 Å². The maximum Gasteiger partial charge on any atom is 0.251 e. The molecule has 2 rings (SSSR count). The summed E-state index contributed by atoms with van der Waals surface area (Å²) in [4.78, 5) is 25.5. The van der Waals surface area contributed by atoms with Crippen LogP contribution in [0.1, 0.15) is 124 Å². The lowest BCUT2D eigenvalue weighted by molar-refractivity contribution is -0.890. The molecule has 0 aromatic heterocycles. The molecule has 0 aliphatic heterocycles. The van der Waals surface area contributed by atoms with Crippen LogP contribution >= 0.6 is 0 Å². The minimum atomic E-state index is -0.0237. The van der Waals surface area contributed by atoms with E-state index >= 15 is 0 Å². The smallest absolute Gasteiger partial charge is 0.251 e. The number of hydrogen-bond donors (Lipinski definition) is 2. The Balaban J connectivity index is 0.0000110. The van der Waals surface area contributed by atoms with Crippen molar-refractivity contribution >= 4 is 11.8 Å². The normalized spacial score (nSPS) is 11.4. The number of amides is 2. The third-order valence-corrected chi connectivity index (χ3v) is 9.31. The molecule has 48 heavy (non-hydrogen) atoms. The molecule has 2 N–H and O–H groups in total. The molecule has 0 fully saturated rings. The van der Waals surface area contributed by atoms with Crippen LogP contribution in [0.2, 0.25) is 0 Å². The van der Waals surface area contributed by atoms with Gasteiger partial charge in [-0.1, -0.05) is 89.5 Å². The molecular formula is C40H68Br2N4O2. The molecule has 0 saturated carbocycles. The van der Waals surface area contributed by atoms with E-state index in [0.717, 1.165) is 46.0 Å². The van der Waals surface area contributed by atoms with Gasteiger partial charge in [-0.2, -0.15) is 0 Å². The Labute approximate surface area is 315 Å². The summed E-state index contributed by atoms with van der Waals surface area (Å²) in [6.45, 7) is 10.4. The topological polar surface area (TPSA) is 58.2 Å². The van der Waals surface area contributed by atoms with Gasteiger partial charge in [-0.3, -0.25) is 9.59 Å². The minimum absolute atomic E-state index is 0. The number of nitrogens with zero attached hydrogens (tertiary/aromatic N) is 2. The zero-order valence-electron chi connectivity index (χ0n) is 31.2. The number of unbranched alkanes of at least 4 members (excludes halogenated alkanes) is 10. The number of carbonyl (C=O) groups excluding carboxylic acids is 2. The molecule has 0 spiro atoms. The molecule has 0 heterocycles. The van der Waals surface area contributed by atoms with Gasteiger partial charge in [0.2, 0.25) is 0 Å². The van der Waals surface area contributed by atoms with Gasteiger partial charge in [0, 0.05) is 37.1 Å². The first kappa shape index (κ1) is 46.3. The van der Waals surface area contributed by atoms with Gasteiger partial charge < -0.3 is 53.6 Å². The van der Waals surface area contributed by atoms with Gasteiger partial charge in [0.05, 0.1) is 54.4 Å². The van der Waals surface area contributed by atoms with Crippen molar-refractivity contribution in [2.24, 2.45) is 0 Å². The fourth-order valence-corrected chi connectivity index (χ4v) is 6.11. The van der Waals surface area contributed by atoms with Crippen LogP contribution in [0.15, 0.2) is 48.5 Å². The van der Waals surface area contributed by atoms with Crippen molar-refractivity contribution in [2.45, 2.75) is 104 Å². The Hall–Kier alpha value is -1.74. The van der Waals surface area contributed by atoms with Crippen LogP contribution in [0.3, 0.4) is 0 Å². The Morgan fingerprint density at radius 1 is 0.458 bits per heavy atom. The van der Waals surface area contributed by atoms with Crippen molar-refractivity contribution in [2.75, 3.05) is 67.5 Å². The van der Waals surface area contributed by atoms with E-state index < -0.39 is 0 Å². The second-order valence-electron chi connectivity index (χ2n) is 14.7. The highest BCUT2D eigenvalue weighted by molar-refractivity contribution is 5.95. The minimum Gasteiger partial charge on any atom is -1.00 e. The lowest BCUT2D eigenvalue weighted by atomic mass is 10.0. The highest BCUT2D eigenvalue weighted by Crippen LogP contribution is 2.21. The van der Waals surface area contributed by atoms with E-state index in [1.54, 1.807) is 0 Å². The lowest BCUT2D eigenvalue weighted by Crippen LogP contribution is -3.00. The quantitative estimate of drug-likeness (QED) is 0.120. The first-order valence-corrected chi connectivity index (χ1v) is 18.5. The highest BCUT2D eigenvalue weighted by Gasteiger charge is 2.16. The molecule has 0 radical (unpaired) electrons. The van der Waals surface area contributed by atoms with Crippen molar-refractivity contribution in [3.63, 3.8) is 0 Å². The molecule has 0 aliphatic rings. The van der Waals surface area contributed by atoms with Gasteiger partial charge >= 0.3 is 0 Å². The van der Waals surface area contributed by atoms with Gasteiger partial charge in [0.15, 0.2) is 0 Å². The number of hydrogen-bond acceptors (Lipinski definition) is 2. The Morgan fingerprint density at radius 2 is 0.750 bits per heavy atom. The van der Waals surface area contributed by atoms with Gasteiger partial charge in [0.25, 0.3) is 11.8 Å². The predicted octanol–water partition coefficient (Wildman–Crippen LogP) is 2.48. The summed E-state index contributed by atoms with van der Waals surface area (Å²) >= 11 is 0. The van der Waals surface area contributed by atoms with E-state index in [9.17, 15) is 9.59 Å². The van der Waals surface area contributed by atoms with Gasteiger partial charge in [-0.15, -0.1) is 0 Å². The summed E-state index contributed by atoms with van der Waals surface area (Å²) in [5.74, 6) is -0.0474. The molecule has 6 nitrogen and oxygen atoms in total. The average Bonchev–Trinajstić information content (AvgIpc) is 3.04. The fraction of sp³-hybridized carbons (Fsp3) is 0.650. The number of nitrogens with one attached hydrogen (secondary N) is 2. The Kier molecular flexibility index (Phi) is 25.2. The van der Waals surface area contributed by atoms with E-state index in [1.807, 2.05) is 48.5 Å². The Morgan fingerprint density at radius 3 is 1.08 bits per heavy atom. The molecule has 2 aromatic carbocycles. The van der Waals surface area contributed by atoms with Crippen LogP contribution in [0.5, 0.6) is 0 Å². The third kappa shape index (κ3) is 20.1. The van der Waals surface area contributed by atoms with Crippen LogP contribution < -0.4 is 44.6 Å². The van der Waals surface area contributed by atoms with Crippen LogP contribution in [0.4, 0.5) is 0 Å². The second kappa shape index (κ2) is 26.1. The van der Waals surface area contributed by atoms with Crippen LogP contribution in [-0.4, -0.2) is 88.2 Å². The highest BCUT2D eigenvalue weighted by atomic mass is 79.9. The number of quaternary nitrogens is 2. The van der Waals surface area contributed by atoms with Crippen LogP contribution in [-0.2, 0) is 0 Å². The predicted molar refractivity (Wildman–Crippen MR) is 196 cm³/mol. The summed E-state index contributed by atoms with van der Waals surface area (Å²) in [6.07, 6.45) is 17.9. The molecule has 0 atom stereocenters. The number of halogens is 2. The molecule has 8 heteroatoms. The average molecular weight is 797 g/mol. The fourth-order valence-electron chi connectivity index (χ4n) is 6.11. The summed E-state index contributed by atoms with van der Waals surface area (Å²) in [7, 11) is 9.19. The maximum absolute atomic E-state index is 12.7. The van der Waals surface area contributed by atoms with Crippen LogP contribution in [0.25, 0.3) is 11.1 Å². The summed E-state index contributed by atoms with van der Waals surface area (Å²) in [6, 6.07) is 15.5. The summed E-state index contributed by atoms with van der Waals surface area (Å²) < 4.78 is 2.02. The van der Waals surface area contributed by atoms with E-state index in [2.05, 4.69) is 52.7 Å². The zero-order chi connectivity index (χ0) is 33.7. The Bertz CT molecular complexity index is 1030. The van der Waals surface area contributed by atoms with Crippen molar-refractivity contribution in [1.29, 1.82) is 0 Å². The number of carbonyl (C=O) groups is 2. The SMILES string of the molecule is CCCCCCCC[N+](C)(C)CCCNC(=O)c1ccc(-c2ccc(C(=O)NCCC[N+](C)(C)CCCCCCCC)cc2)cc1.[Br-].[Br-]. The van der Waals surface area contributed by atoms with E-state index in [-0.39, 0.29) is 45.8 Å². The lowest BCUT2D eigenvalue weighted by Gasteiger charge is -2.30. The second-order valence-corrected chi connectivity index (χ2v) is 14.7. The molecule has 0 bridgehead atoms. The van der Waals surface area contributed by atoms with Crippen molar-refractivity contribution in [3.05, 3.63) is 59.7 Å². The van der Waals surface area contributed by atoms with Crippen molar-refractivity contribution in [1.82, 2.24) is 10.6 Å². The maximum atomic E-state index is 12.7. The first-order valence-electron chi connectivity index (χ1n) is 18.5. The molecule has 0 aliphatic carbocycles. The van der Waals surface area contributed by atoms with Gasteiger partial charge in [0.1, 0.15) is 0 Å².